The number of rotatable bonds is 2. The molecule has 5 nitrogen and oxygen atoms in total. The maximum atomic E-state index is 10.9. The van der Waals surface area contributed by atoms with Gasteiger partial charge in [0, 0.05) is 6.07 Å². The Morgan fingerprint density at radius 3 is 2.60 bits per heavy atom. The quantitative estimate of drug-likeness (QED) is 0.516. The summed E-state index contributed by atoms with van der Waals surface area (Å²) in [5, 5.41) is 10.9. The molecule has 1 aliphatic heterocycles. The number of non-ortho nitro benzene ring substituents is 1. The molecule has 20 heavy (non-hydrogen) atoms. The highest BCUT2D eigenvalue weighted by Crippen LogP contribution is 2.24. The molecule has 0 saturated heterocycles. The Kier molecular flexibility index (Phi) is 2.95. The van der Waals surface area contributed by atoms with Crippen LogP contribution in [0.15, 0.2) is 48.5 Å². The summed E-state index contributed by atoms with van der Waals surface area (Å²) in [7, 11) is 0. The average Bonchev–Trinajstić information content (AvgIpc) is 2.46. The number of benzene rings is 2. The molecule has 0 spiro atoms. The van der Waals surface area contributed by atoms with E-state index in [-0.39, 0.29) is 5.69 Å². The molecule has 5 heteroatoms. The highest BCUT2D eigenvalue weighted by atomic mass is 16.6. The van der Waals surface area contributed by atoms with Crippen LogP contribution in [0.1, 0.15) is 11.1 Å². The third kappa shape index (κ3) is 2.14. The summed E-state index contributed by atoms with van der Waals surface area (Å²) in [6, 6.07) is 14.7. The van der Waals surface area contributed by atoms with E-state index in [2.05, 4.69) is 12.1 Å². The fourth-order valence-corrected chi connectivity index (χ4v) is 2.48. The summed E-state index contributed by atoms with van der Waals surface area (Å²) in [4.78, 5) is 10.5. The van der Waals surface area contributed by atoms with Gasteiger partial charge in [-0.3, -0.25) is 15.8 Å². The molecule has 2 N–H and O–H groups in total. The molecule has 100 valence electrons. The van der Waals surface area contributed by atoms with E-state index in [4.69, 9.17) is 5.73 Å². The van der Waals surface area contributed by atoms with Crippen LogP contribution in [0.3, 0.4) is 0 Å². The first-order valence-electron chi connectivity index (χ1n) is 6.35. The van der Waals surface area contributed by atoms with Gasteiger partial charge in [-0.15, -0.1) is 0 Å². The lowest BCUT2D eigenvalue weighted by molar-refractivity contribution is -0.463. The van der Waals surface area contributed by atoms with Crippen molar-refractivity contribution in [2.45, 2.75) is 13.0 Å². The molecule has 2 aromatic carbocycles. The van der Waals surface area contributed by atoms with Crippen molar-refractivity contribution in [2.75, 3.05) is 0 Å². The van der Waals surface area contributed by atoms with Crippen molar-refractivity contribution < 1.29 is 9.50 Å². The standard InChI is InChI=1S/C15H13N3O2/c16-15-8-11-4-1-2-5-12(11)10-17(15)13-6-3-7-14(9-13)18(19)20/h1-7,9,16H,8,10H2/p+1. The molecule has 0 aromatic heterocycles. The number of fused-ring (bicyclic) bond motifs is 1. The second kappa shape index (κ2) is 4.77. The molecular weight excluding hydrogens is 254 g/mol. The zero-order valence-electron chi connectivity index (χ0n) is 10.8. The van der Waals surface area contributed by atoms with Crippen molar-refractivity contribution in [2.24, 2.45) is 5.73 Å². The lowest BCUT2D eigenvalue weighted by Gasteiger charge is -2.17. The van der Waals surface area contributed by atoms with E-state index in [0.717, 1.165) is 5.69 Å². The molecule has 3 rings (SSSR count). The van der Waals surface area contributed by atoms with Gasteiger partial charge in [-0.1, -0.05) is 30.3 Å². The van der Waals surface area contributed by atoms with Crippen molar-refractivity contribution in [3.05, 3.63) is 69.8 Å². The minimum Gasteiger partial charge on any atom is -0.290 e. The molecule has 0 atom stereocenters. The molecule has 0 unspecified atom stereocenters. The Morgan fingerprint density at radius 2 is 1.85 bits per heavy atom. The predicted molar refractivity (Wildman–Crippen MR) is 76.1 cm³/mol. The number of nitro benzene ring substituents is 1. The van der Waals surface area contributed by atoms with E-state index in [9.17, 15) is 10.1 Å². The summed E-state index contributed by atoms with van der Waals surface area (Å²) in [6.07, 6.45) is 0.666. The molecule has 0 saturated carbocycles. The molecule has 2 aromatic rings. The molecule has 1 heterocycles. The number of amidine groups is 1. The van der Waals surface area contributed by atoms with Gasteiger partial charge in [0.15, 0.2) is 0 Å². The van der Waals surface area contributed by atoms with Crippen LogP contribution in [0.5, 0.6) is 0 Å². The number of nitro groups is 1. The van der Waals surface area contributed by atoms with Crippen molar-refractivity contribution in [1.82, 2.24) is 0 Å². The number of hydrogen-bond donors (Lipinski definition) is 1. The van der Waals surface area contributed by atoms with Crippen molar-refractivity contribution in [3.63, 3.8) is 0 Å². The SMILES string of the molecule is NC1=[N+](c2cccc([N+](=O)[O-])c2)Cc2ccccc2C1. The van der Waals surface area contributed by atoms with Gasteiger partial charge in [0.2, 0.25) is 0 Å². The molecule has 0 radical (unpaired) electrons. The minimum atomic E-state index is -0.391. The van der Waals surface area contributed by atoms with Crippen LogP contribution in [0.2, 0.25) is 0 Å². The first-order valence-corrected chi connectivity index (χ1v) is 6.35. The molecule has 1 aliphatic rings. The maximum Gasteiger partial charge on any atom is 0.273 e. The zero-order valence-corrected chi connectivity index (χ0v) is 10.8. The first-order chi connectivity index (χ1) is 9.65. The molecule has 0 amide bonds. The molecule has 0 fully saturated rings. The summed E-state index contributed by atoms with van der Waals surface area (Å²) in [5.74, 6) is 0.712. The summed E-state index contributed by atoms with van der Waals surface area (Å²) < 4.78 is 1.93. The molecule has 0 aliphatic carbocycles. The van der Waals surface area contributed by atoms with Crippen LogP contribution in [0, 0.1) is 10.1 Å². The van der Waals surface area contributed by atoms with Gasteiger partial charge in [0.05, 0.1) is 17.4 Å². The fraction of sp³-hybridized carbons (Fsp3) is 0.133. The van der Waals surface area contributed by atoms with E-state index in [1.807, 2.05) is 22.8 Å². The van der Waals surface area contributed by atoms with Crippen molar-refractivity contribution in [3.8, 4) is 0 Å². The van der Waals surface area contributed by atoms with Crippen LogP contribution in [0.4, 0.5) is 11.4 Å². The van der Waals surface area contributed by atoms with Gasteiger partial charge in [-0.05, 0) is 17.2 Å². The molecule has 0 bridgehead atoms. The van der Waals surface area contributed by atoms with E-state index in [1.54, 1.807) is 12.1 Å². The predicted octanol–water partition coefficient (Wildman–Crippen LogP) is 2.35. The highest BCUT2D eigenvalue weighted by molar-refractivity contribution is 5.80. The van der Waals surface area contributed by atoms with Crippen molar-refractivity contribution in [1.29, 1.82) is 0 Å². The average molecular weight is 268 g/mol. The van der Waals surface area contributed by atoms with E-state index >= 15 is 0 Å². The van der Waals surface area contributed by atoms with Gasteiger partial charge in [0.1, 0.15) is 12.2 Å². The Morgan fingerprint density at radius 1 is 1.10 bits per heavy atom. The van der Waals surface area contributed by atoms with Crippen LogP contribution >= 0.6 is 0 Å². The lowest BCUT2D eigenvalue weighted by Crippen LogP contribution is -2.31. The monoisotopic (exact) mass is 268 g/mol. The highest BCUT2D eigenvalue weighted by Gasteiger charge is 2.22. The van der Waals surface area contributed by atoms with Crippen LogP contribution in [0.25, 0.3) is 0 Å². The van der Waals surface area contributed by atoms with Crippen LogP contribution in [-0.2, 0) is 13.0 Å². The Bertz CT molecular complexity index is 723. The van der Waals surface area contributed by atoms with E-state index < -0.39 is 4.92 Å². The molecular formula is C15H14N3O2+. The van der Waals surface area contributed by atoms with Gasteiger partial charge in [-0.25, -0.2) is 4.58 Å². The number of hydrogen-bond acceptors (Lipinski definition) is 3. The maximum absolute atomic E-state index is 10.9. The third-order valence-corrected chi connectivity index (χ3v) is 3.52. The third-order valence-electron chi connectivity index (χ3n) is 3.52. The van der Waals surface area contributed by atoms with Crippen molar-refractivity contribution >= 4 is 17.2 Å². The van der Waals surface area contributed by atoms with Crippen LogP contribution in [-0.4, -0.2) is 15.3 Å². The normalized spacial score (nSPS) is 14.0. The van der Waals surface area contributed by atoms with E-state index in [0.29, 0.717) is 18.8 Å². The lowest BCUT2D eigenvalue weighted by atomic mass is 10.0. The number of nitrogens with zero attached hydrogens (tertiary/aromatic N) is 2. The minimum absolute atomic E-state index is 0.0779. The smallest absolute Gasteiger partial charge is 0.273 e. The Balaban J connectivity index is 2.03. The second-order valence-corrected chi connectivity index (χ2v) is 4.80. The first kappa shape index (κ1) is 12.3. The second-order valence-electron chi connectivity index (χ2n) is 4.80. The number of nitrogens with two attached hydrogens (primary N) is 1. The van der Waals surface area contributed by atoms with Gasteiger partial charge >= 0.3 is 0 Å². The topological polar surface area (TPSA) is 72.2 Å². The fourth-order valence-electron chi connectivity index (χ4n) is 2.48. The summed E-state index contributed by atoms with van der Waals surface area (Å²) in [5.41, 5.74) is 9.37. The van der Waals surface area contributed by atoms with Gasteiger partial charge < -0.3 is 0 Å². The van der Waals surface area contributed by atoms with Gasteiger partial charge in [-0.2, -0.15) is 0 Å². The zero-order chi connectivity index (χ0) is 14.1. The largest absolute Gasteiger partial charge is 0.290 e. The summed E-state index contributed by atoms with van der Waals surface area (Å²) in [6.45, 7) is 0.642. The van der Waals surface area contributed by atoms with Gasteiger partial charge in [0.25, 0.3) is 11.5 Å². The Labute approximate surface area is 116 Å². The van der Waals surface area contributed by atoms with E-state index in [1.165, 1.54) is 17.2 Å². The van der Waals surface area contributed by atoms with Crippen LogP contribution < -0.4 is 5.73 Å². The Hall–Kier alpha value is -2.69. The summed E-state index contributed by atoms with van der Waals surface area (Å²) >= 11 is 0.